The summed E-state index contributed by atoms with van der Waals surface area (Å²) in [4.78, 5) is 9.47. The van der Waals surface area contributed by atoms with E-state index < -0.39 is 0 Å². The molecule has 0 aliphatic rings. The summed E-state index contributed by atoms with van der Waals surface area (Å²) in [6, 6.07) is 8.19. The molecule has 2 aromatic rings. The summed E-state index contributed by atoms with van der Waals surface area (Å²) >= 11 is 1.71. The summed E-state index contributed by atoms with van der Waals surface area (Å²) < 4.78 is 0. The van der Waals surface area contributed by atoms with Crippen molar-refractivity contribution in [2.24, 2.45) is 0 Å². The molecule has 3 N–H and O–H groups in total. The maximum absolute atomic E-state index is 5.85. The Morgan fingerprint density at radius 1 is 1.33 bits per heavy atom. The van der Waals surface area contributed by atoms with Gasteiger partial charge in [0.2, 0.25) is 0 Å². The second kappa shape index (κ2) is 5.73. The van der Waals surface area contributed by atoms with E-state index in [0.717, 1.165) is 23.5 Å². The van der Waals surface area contributed by atoms with E-state index in [9.17, 15) is 0 Å². The molecule has 0 bridgehead atoms. The van der Waals surface area contributed by atoms with Gasteiger partial charge in [-0.1, -0.05) is 13.0 Å². The van der Waals surface area contributed by atoms with Crippen LogP contribution in [0.5, 0.6) is 0 Å². The number of nitrogen functional groups attached to an aromatic ring is 1. The van der Waals surface area contributed by atoms with Crippen LogP contribution in [-0.4, -0.2) is 16.2 Å². The van der Waals surface area contributed by atoms with Crippen molar-refractivity contribution in [1.29, 1.82) is 0 Å². The third-order valence-electron chi connectivity index (χ3n) is 2.66. The van der Waals surface area contributed by atoms with E-state index in [4.69, 9.17) is 5.73 Å². The number of nitrogens with one attached hydrogen (secondary N) is 1. The van der Waals surface area contributed by atoms with Gasteiger partial charge in [-0.2, -0.15) is 0 Å². The molecule has 2 rings (SSSR count). The molecule has 18 heavy (non-hydrogen) atoms. The summed E-state index contributed by atoms with van der Waals surface area (Å²) in [6.07, 6.45) is 4.34. The van der Waals surface area contributed by atoms with Crippen LogP contribution in [0.25, 0.3) is 0 Å². The topological polar surface area (TPSA) is 63.8 Å². The first-order valence-corrected chi connectivity index (χ1v) is 6.97. The van der Waals surface area contributed by atoms with Gasteiger partial charge in [0.05, 0.1) is 0 Å². The largest absolute Gasteiger partial charge is 0.383 e. The second-order valence-corrected chi connectivity index (χ2v) is 4.68. The average molecular weight is 260 g/mol. The standard InChI is InChI=1S/C13H16N4S/c1-3-11-12(14)15-8-16-13(11)17-9-5-4-6-10(7-9)18-2/h4-8H,3H2,1-2H3,(H3,14,15,16,17). The van der Waals surface area contributed by atoms with E-state index in [1.54, 1.807) is 11.8 Å². The van der Waals surface area contributed by atoms with Crippen molar-refractivity contribution < 1.29 is 0 Å². The van der Waals surface area contributed by atoms with Crippen molar-refractivity contribution in [3.63, 3.8) is 0 Å². The number of hydrogen-bond donors (Lipinski definition) is 2. The molecule has 0 saturated carbocycles. The fourth-order valence-electron chi connectivity index (χ4n) is 1.72. The molecule has 0 unspecified atom stereocenters. The number of rotatable bonds is 4. The van der Waals surface area contributed by atoms with E-state index in [1.165, 1.54) is 11.2 Å². The minimum atomic E-state index is 0.538. The number of nitrogens with two attached hydrogens (primary N) is 1. The van der Waals surface area contributed by atoms with E-state index in [-0.39, 0.29) is 0 Å². The van der Waals surface area contributed by atoms with Crippen molar-refractivity contribution in [2.45, 2.75) is 18.2 Å². The monoisotopic (exact) mass is 260 g/mol. The molecule has 0 atom stereocenters. The van der Waals surface area contributed by atoms with Crippen LogP contribution in [-0.2, 0) is 6.42 Å². The lowest BCUT2D eigenvalue weighted by molar-refractivity contribution is 1.06. The molecule has 1 aromatic carbocycles. The van der Waals surface area contributed by atoms with Gasteiger partial charge in [-0.05, 0) is 30.9 Å². The molecule has 0 saturated heterocycles. The minimum absolute atomic E-state index is 0.538. The van der Waals surface area contributed by atoms with E-state index >= 15 is 0 Å². The lowest BCUT2D eigenvalue weighted by Crippen LogP contribution is -2.04. The van der Waals surface area contributed by atoms with Crippen LogP contribution in [0, 0.1) is 0 Å². The Hall–Kier alpha value is -1.75. The summed E-state index contributed by atoms with van der Waals surface area (Å²) in [6.45, 7) is 2.04. The Balaban J connectivity index is 2.30. The zero-order valence-corrected chi connectivity index (χ0v) is 11.3. The van der Waals surface area contributed by atoms with Crippen LogP contribution in [0.3, 0.4) is 0 Å². The summed E-state index contributed by atoms with van der Waals surface area (Å²) in [5.41, 5.74) is 7.81. The van der Waals surface area contributed by atoms with Crippen molar-refractivity contribution >= 4 is 29.1 Å². The maximum atomic E-state index is 5.85. The Kier molecular flexibility index (Phi) is 4.04. The molecule has 0 amide bonds. The third kappa shape index (κ3) is 2.73. The number of thioether (sulfide) groups is 1. The smallest absolute Gasteiger partial charge is 0.139 e. The fourth-order valence-corrected chi connectivity index (χ4v) is 2.18. The molecular formula is C13H16N4S. The van der Waals surface area contributed by atoms with Crippen LogP contribution in [0.1, 0.15) is 12.5 Å². The predicted octanol–water partition coefficient (Wildman–Crippen LogP) is 3.09. The highest BCUT2D eigenvalue weighted by molar-refractivity contribution is 7.98. The number of benzene rings is 1. The number of hydrogen-bond acceptors (Lipinski definition) is 5. The first kappa shape index (κ1) is 12.7. The zero-order chi connectivity index (χ0) is 13.0. The molecule has 1 aromatic heterocycles. The summed E-state index contributed by atoms with van der Waals surface area (Å²) in [7, 11) is 0. The highest BCUT2D eigenvalue weighted by Gasteiger charge is 2.07. The van der Waals surface area contributed by atoms with Gasteiger partial charge in [-0.3, -0.25) is 0 Å². The van der Waals surface area contributed by atoms with Crippen molar-refractivity contribution in [3.05, 3.63) is 36.2 Å². The third-order valence-corrected chi connectivity index (χ3v) is 3.39. The van der Waals surface area contributed by atoms with Crippen LogP contribution in [0.4, 0.5) is 17.3 Å². The summed E-state index contributed by atoms with van der Waals surface area (Å²) in [5, 5.41) is 3.29. The number of nitrogens with zero attached hydrogens (tertiary/aromatic N) is 2. The van der Waals surface area contributed by atoms with Gasteiger partial charge in [0.1, 0.15) is 18.0 Å². The lowest BCUT2D eigenvalue weighted by Gasteiger charge is -2.11. The van der Waals surface area contributed by atoms with Crippen molar-refractivity contribution in [1.82, 2.24) is 9.97 Å². The lowest BCUT2D eigenvalue weighted by atomic mass is 10.2. The predicted molar refractivity (Wildman–Crippen MR) is 77.3 cm³/mol. The SMILES string of the molecule is CCc1c(N)ncnc1Nc1cccc(SC)c1. The average Bonchev–Trinajstić information content (AvgIpc) is 2.39. The normalized spacial score (nSPS) is 10.3. The Labute approximate surface area is 111 Å². The molecule has 94 valence electrons. The van der Waals surface area contributed by atoms with Crippen LogP contribution in [0.2, 0.25) is 0 Å². The quantitative estimate of drug-likeness (QED) is 0.827. The minimum Gasteiger partial charge on any atom is -0.383 e. The Morgan fingerprint density at radius 3 is 2.89 bits per heavy atom. The molecule has 0 radical (unpaired) electrons. The second-order valence-electron chi connectivity index (χ2n) is 3.80. The molecule has 0 aliphatic heterocycles. The first-order chi connectivity index (χ1) is 8.74. The molecule has 0 aliphatic carbocycles. The van der Waals surface area contributed by atoms with Crippen molar-refractivity contribution in [3.8, 4) is 0 Å². The molecule has 1 heterocycles. The van der Waals surface area contributed by atoms with Gasteiger partial charge in [0.25, 0.3) is 0 Å². The molecule has 4 nitrogen and oxygen atoms in total. The molecular weight excluding hydrogens is 244 g/mol. The highest BCUT2D eigenvalue weighted by Crippen LogP contribution is 2.24. The molecule has 0 fully saturated rings. The fraction of sp³-hybridized carbons (Fsp3) is 0.231. The highest BCUT2D eigenvalue weighted by atomic mass is 32.2. The van der Waals surface area contributed by atoms with Gasteiger partial charge in [-0.25, -0.2) is 9.97 Å². The first-order valence-electron chi connectivity index (χ1n) is 5.75. The van der Waals surface area contributed by atoms with Gasteiger partial charge in [-0.15, -0.1) is 11.8 Å². The van der Waals surface area contributed by atoms with Gasteiger partial charge in [0, 0.05) is 16.1 Å². The van der Waals surface area contributed by atoms with E-state index in [2.05, 4.69) is 33.7 Å². The van der Waals surface area contributed by atoms with Gasteiger partial charge < -0.3 is 11.1 Å². The molecule has 0 spiro atoms. The van der Waals surface area contributed by atoms with E-state index in [0.29, 0.717) is 5.82 Å². The van der Waals surface area contributed by atoms with Crippen LogP contribution >= 0.6 is 11.8 Å². The number of anilines is 3. The van der Waals surface area contributed by atoms with Gasteiger partial charge >= 0.3 is 0 Å². The van der Waals surface area contributed by atoms with E-state index in [1.807, 2.05) is 19.1 Å². The maximum Gasteiger partial charge on any atom is 0.139 e. The van der Waals surface area contributed by atoms with Crippen molar-refractivity contribution in [2.75, 3.05) is 17.3 Å². The van der Waals surface area contributed by atoms with Crippen LogP contribution in [0.15, 0.2) is 35.5 Å². The summed E-state index contributed by atoms with van der Waals surface area (Å²) in [5.74, 6) is 1.32. The Morgan fingerprint density at radius 2 is 2.17 bits per heavy atom. The molecule has 5 heteroatoms. The Bertz CT molecular complexity index is 542. The number of aromatic nitrogens is 2. The zero-order valence-electron chi connectivity index (χ0n) is 10.5. The van der Waals surface area contributed by atoms with Gasteiger partial charge in [0.15, 0.2) is 0 Å². The van der Waals surface area contributed by atoms with Crippen LogP contribution < -0.4 is 11.1 Å².